The molecule has 23 heavy (non-hydrogen) atoms. The van der Waals surface area contributed by atoms with Crippen LogP contribution >= 0.6 is 11.6 Å². The Morgan fingerprint density at radius 3 is 2.91 bits per heavy atom. The number of hydrogen-bond donors (Lipinski definition) is 1. The fraction of sp³-hybridized carbons (Fsp3) is 0.389. The van der Waals surface area contributed by atoms with Crippen molar-refractivity contribution in [3.63, 3.8) is 0 Å². The zero-order valence-electron chi connectivity index (χ0n) is 13.6. The highest BCUT2D eigenvalue weighted by atomic mass is 35.5. The van der Waals surface area contributed by atoms with Gasteiger partial charge in [0, 0.05) is 29.6 Å². The van der Waals surface area contributed by atoms with Crippen molar-refractivity contribution in [3.05, 3.63) is 52.8 Å². The standard InChI is InChI=1S/C18H22ClN3O/c1-13-7-8-14(11-15(13)19)20-18(23)12-22-10-4-6-17(22)16-5-3-9-21(16)2/h3,5,7-9,11,17H,4,6,10,12H2,1-2H3,(H,20,23)/t17-/m0/s1. The highest BCUT2D eigenvalue weighted by Crippen LogP contribution is 2.31. The van der Waals surface area contributed by atoms with E-state index in [0.717, 1.165) is 30.6 Å². The summed E-state index contributed by atoms with van der Waals surface area (Å²) in [6.07, 6.45) is 4.28. The Morgan fingerprint density at radius 2 is 2.22 bits per heavy atom. The summed E-state index contributed by atoms with van der Waals surface area (Å²) in [5.41, 5.74) is 3.03. The quantitative estimate of drug-likeness (QED) is 0.926. The molecule has 1 amide bonds. The van der Waals surface area contributed by atoms with Crippen molar-refractivity contribution in [2.24, 2.45) is 7.05 Å². The molecule has 4 nitrogen and oxygen atoms in total. The van der Waals surface area contributed by atoms with Crippen LogP contribution in [-0.2, 0) is 11.8 Å². The number of aryl methyl sites for hydroxylation is 2. The van der Waals surface area contributed by atoms with Crippen LogP contribution in [0.3, 0.4) is 0 Å². The molecule has 0 aliphatic carbocycles. The zero-order valence-corrected chi connectivity index (χ0v) is 14.3. The van der Waals surface area contributed by atoms with Crippen molar-refractivity contribution in [3.8, 4) is 0 Å². The highest BCUT2D eigenvalue weighted by Gasteiger charge is 2.28. The molecular weight excluding hydrogens is 310 g/mol. The van der Waals surface area contributed by atoms with Crippen LogP contribution in [0.15, 0.2) is 36.5 Å². The number of halogens is 1. The van der Waals surface area contributed by atoms with E-state index in [9.17, 15) is 4.79 Å². The van der Waals surface area contributed by atoms with E-state index in [1.807, 2.05) is 19.1 Å². The Morgan fingerprint density at radius 1 is 1.39 bits per heavy atom. The molecule has 1 aliphatic rings. The van der Waals surface area contributed by atoms with E-state index in [0.29, 0.717) is 17.6 Å². The van der Waals surface area contributed by atoms with Crippen molar-refractivity contribution in [1.29, 1.82) is 0 Å². The van der Waals surface area contributed by atoms with Gasteiger partial charge in [-0.3, -0.25) is 9.69 Å². The second-order valence-corrected chi connectivity index (χ2v) is 6.59. The molecule has 0 unspecified atom stereocenters. The maximum absolute atomic E-state index is 12.4. The molecule has 1 aliphatic heterocycles. The normalized spacial score (nSPS) is 18.3. The number of anilines is 1. The summed E-state index contributed by atoms with van der Waals surface area (Å²) in [5.74, 6) is 0.00558. The number of carbonyl (C=O) groups excluding carboxylic acids is 1. The lowest BCUT2D eigenvalue weighted by atomic mass is 10.1. The van der Waals surface area contributed by atoms with Gasteiger partial charge in [-0.2, -0.15) is 0 Å². The van der Waals surface area contributed by atoms with E-state index in [-0.39, 0.29) is 5.91 Å². The van der Waals surface area contributed by atoms with Crippen LogP contribution in [0, 0.1) is 6.92 Å². The molecule has 5 heteroatoms. The Balaban J connectivity index is 1.65. The summed E-state index contributed by atoms with van der Waals surface area (Å²) in [4.78, 5) is 14.6. The molecule has 0 bridgehead atoms. The Bertz CT molecular complexity index is 710. The van der Waals surface area contributed by atoms with Gasteiger partial charge in [0.25, 0.3) is 0 Å². The smallest absolute Gasteiger partial charge is 0.238 e. The van der Waals surface area contributed by atoms with Crippen LogP contribution in [0.4, 0.5) is 5.69 Å². The third-order valence-corrected chi connectivity index (χ3v) is 4.90. The molecule has 122 valence electrons. The van der Waals surface area contributed by atoms with Crippen molar-refractivity contribution in [2.45, 2.75) is 25.8 Å². The summed E-state index contributed by atoms with van der Waals surface area (Å²) in [5, 5.41) is 3.62. The average molecular weight is 332 g/mol. The number of hydrogen-bond acceptors (Lipinski definition) is 2. The fourth-order valence-corrected chi connectivity index (χ4v) is 3.41. The molecule has 3 rings (SSSR count). The van der Waals surface area contributed by atoms with Gasteiger partial charge in [0.15, 0.2) is 0 Å². The first-order valence-electron chi connectivity index (χ1n) is 7.96. The van der Waals surface area contributed by atoms with E-state index in [1.54, 1.807) is 6.07 Å². The maximum Gasteiger partial charge on any atom is 0.238 e. The minimum atomic E-state index is 0.00558. The number of carbonyl (C=O) groups is 1. The number of nitrogens with zero attached hydrogens (tertiary/aromatic N) is 2. The summed E-state index contributed by atoms with van der Waals surface area (Å²) in [6.45, 7) is 3.31. The molecule has 1 aromatic carbocycles. The molecule has 2 heterocycles. The van der Waals surface area contributed by atoms with Crippen LogP contribution in [0.1, 0.15) is 30.1 Å². The van der Waals surface area contributed by atoms with Gasteiger partial charge in [-0.05, 0) is 56.1 Å². The molecule has 0 spiro atoms. The Kier molecular flexibility index (Phi) is 4.74. The first kappa shape index (κ1) is 16.1. The van der Waals surface area contributed by atoms with Crippen LogP contribution in [0.5, 0.6) is 0 Å². The lowest BCUT2D eigenvalue weighted by Crippen LogP contribution is -2.33. The van der Waals surface area contributed by atoms with Crippen LogP contribution in [0.25, 0.3) is 0 Å². The van der Waals surface area contributed by atoms with Crippen molar-refractivity contribution in [2.75, 3.05) is 18.4 Å². The Hall–Kier alpha value is -1.78. The zero-order chi connectivity index (χ0) is 16.4. The van der Waals surface area contributed by atoms with Crippen molar-refractivity contribution < 1.29 is 4.79 Å². The van der Waals surface area contributed by atoms with Crippen LogP contribution in [0.2, 0.25) is 5.02 Å². The van der Waals surface area contributed by atoms with E-state index >= 15 is 0 Å². The molecular formula is C18H22ClN3O. The third kappa shape index (κ3) is 3.59. The van der Waals surface area contributed by atoms with Crippen LogP contribution in [-0.4, -0.2) is 28.5 Å². The van der Waals surface area contributed by atoms with Gasteiger partial charge in [0.2, 0.25) is 5.91 Å². The van der Waals surface area contributed by atoms with Crippen LogP contribution < -0.4 is 5.32 Å². The second kappa shape index (κ2) is 6.77. The van der Waals surface area contributed by atoms with Crippen molar-refractivity contribution >= 4 is 23.2 Å². The molecule has 0 radical (unpaired) electrons. The number of nitrogens with one attached hydrogen (secondary N) is 1. The molecule has 1 aromatic heterocycles. The van der Waals surface area contributed by atoms with Gasteiger partial charge in [0.1, 0.15) is 0 Å². The minimum Gasteiger partial charge on any atom is -0.353 e. The maximum atomic E-state index is 12.4. The van der Waals surface area contributed by atoms with Gasteiger partial charge >= 0.3 is 0 Å². The largest absolute Gasteiger partial charge is 0.353 e. The van der Waals surface area contributed by atoms with E-state index < -0.39 is 0 Å². The third-order valence-electron chi connectivity index (χ3n) is 4.49. The van der Waals surface area contributed by atoms with E-state index in [1.165, 1.54) is 5.69 Å². The van der Waals surface area contributed by atoms with Crippen molar-refractivity contribution in [1.82, 2.24) is 9.47 Å². The van der Waals surface area contributed by atoms with Gasteiger partial charge < -0.3 is 9.88 Å². The highest BCUT2D eigenvalue weighted by molar-refractivity contribution is 6.31. The molecule has 2 aromatic rings. The number of benzene rings is 1. The SMILES string of the molecule is Cc1ccc(NC(=O)CN2CCC[C@H]2c2cccn2C)cc1Cl. The fourth-order valence-electron chi connectivity index (χ4n) is 3.23. The molecule has 1 saturated heterocycles. The monoisotopic (exact) mass is 331 g/mol. The molecule has 1 atom stereocenters. The molecule has 0 saturated carbocycles. The number of rotatable bonds is 4. The summed E-state index contributed by atoms with van der Waals surface area (Å²) in [6, 6.07) is 10.1. The predicted octanol–water partition coefficient (Wildman–Crippen LogP) is 3.76. The lowest BCUT2D eigenvalue weighted by molar-refractivity contribution is -0.117. The van der Waals surface area contributed by atoms with Gasteiger partial charge in [-0.1, -0.05) is 17.7 Å². The van der Waals surface area contributed by atoms with Gasteiger partial charge in [-0.15, -0.1) is 0 Å². The number of aromatic nitrogens is 1. The topological polar surface area (TPSA) is 37.3 Å². The average Bonchev–Trinajstić information content (AvgIpc) is 3.11. The molecule has 1 fully saturated rings. The second-order valence-electron chi connectivity index (χ2n) is 6.18. The summed E-state index contributed by atoms with van der Waals surface area (Å²) >= 11 is 6.11. The van der Waals surface area contributed by atoms with Gasteiger partial charge in [-0.25, -0.2) is 0 Å². The number of likely N-dealkylation sites (tertiary alicyclic amines) is 1. The predicted molar refractivity (Wildman–Crippen MR) is 93.8 cm³/mol. The first-order valence-corrected chi connectivity index (χ1v) is 8.33. The van der Waals surface area contributed by atoms with E-state index in [2.05, 4.69) is 40.2 Å². The Labute approximate surface area is 142 Å². The van der Waals surface area contributed by atoms with E-state index in [4.69, 9.17) is 11.6 Å². The molecule has 1 N–H and O–H groups in total. The lowest BCUT2D eigenvalue weighted by Gasteiger charge is -2.24. The number of amides is 1. The first-order chi connectivity index (χ1) is 11.0. The van der Waals surface area contributed by atoms with Gasteiger partial charge in [0.05, 0.1) is 12.6 Å². The minimum absolute atomic E-state index is 0.00558. The summed E-state index contributed by atoms with van der Waals surface area (Å²) < 4.78 is 2.14. The summed E-state index contributed by atoms with van der Waals surface area (Å²) in [7, 11) is 2.06.